The van der Waals surface area contributed by atoms with Crippen LogP contribution in [0.2, 0.25) is 0 Å². The van der Waals surface area contributed by atoms with Gasteiger partial charge in [-0.3, -0.25) is 0 Å². The van der Waals surface area contributed by atoms with Crippen LogP contribution in [-0.2, 0) is 0 Å². The van der Waals surface area contributed by atoms with Gasteiger partial charge in [0, 0.05) is 17.4 Å². The highest BCUT2D eigenvalue weighted by Crippen LogP contribution is 2.42. The van der Waals surface area contributed by atoms with E-state index in [1.807, 2.05) is 18.2 Å². The number of ether oxygens (including phenoxy) is 2. The average molecular weight is 438 g/mol. The van der Waals surface area contributed by atoms with E-state index in [0.29, 0.717) is 23.0 Å². The summed E-state index contributed by atoms with van der Waals surface area (Å²) in [6.07, 6.45) is 1.51. The highest BCUT2D eigenvalue weighted by Gasteiger charge is 2.19. The Labute approximate surface area is 148 Å². The fourth-order valence-corrected chi connectivity index (χ4v) is 3.48. The monoisotopic (exact) mass is 436 g/mol. The van der Waals surface area contributed by atoms with Gasteiger partial charge in [-0.2, -0.15) is 0 Å². The number of benzene rings is 2. The lowest BCUT2D eigenvalue weighted by Gasteiger charge is -2.12. The molecule has 1 aliphatic rings. The number of nitrogens with zero attached hydrogens (tertiary/aromatic N) is 2. The first-order valence-corrected chi connectivity index (χ1v) is 8.27. The molecule has 0 atom stereocenters. The van der Waals surface area contributed by atoms with Gasteiger partial charge in [-0.05, 0) is 50.1 Å². The first kappa shape index (κ1) is 14.5. The molecule has 2 heterocycles. The molecule has 0 amide bonds. The quantitative estimate of drug-likeness (QED) is 0.584. The third-order valence-corrected chi connectivity index (χ3v) is 4.90. The Hall–Kier alpha value is -2.06. The zero-order valence-corrected chi connectivity index (χ0v) is 14.8. The molecule has 1 aliphatic heterocycles. The number of nitrogen functional groups attached to an aromatic ring is 1. The van der Waals surface area contributed by atoms with E-state index in [-0.39, 0.29) is 6.79 Å². The average Bonchev–Trinajstić information content (AvgIpc) is 3.00. The maximum Gasteiger partial charge on any atom is 0.231 e. The molecule has 0 aliphatic carbocycles. The third-order valence-electron chi connectivity index (χ3n) is 3.46. The van der Waals surface area contributed by atoms with E-state index in [1.165, 1.54) is 6.33 Å². The molecule has 0 saturated carbocycles. The number of nitrogens with one attached hydrogen (secondary N) is 1. The molecule has 23 heavy (non-hydrogen) atoms. The molecule has 3 aromatic rings. The van der Waals surface area contributed by atoms with Crippen molar-refractivity contribution in [1.82, 2.24) is 9.97 Å². The molecule has 4 rings (SSSR count). The van der Waals surface area contributed by atoms with Crippen LogP contribution in [0.5, 0.6) is 11.5 Å². The van der Waals surface area contributed by atoms with Crippen molar-refractivity contribution in [3.05, 3.63) is 39.5 Å². The SMILES string of the molecule is Nc1ccc2ncnc(Nc3cc(Br)c4c(c3)OCO4)c2c1Br. The number of nitrogens with two attached hydrogens (primary N) is 1. The molecule has 0 radical (unpaired) electrons. The fourth-order valence-electron chi connectivity index (χ4n) is 2.40. The van der Waals surface area contributed by atoms with Gasteiger partial charge in [0.15, 0.2) is 11.5 Å². The summed E-state index contributed by atoms with van der Waals surface area (Å²) < 4.78 is 12.4. The Kier molecular flexibility index (Phi) is 3.50. The summed E-state index contributed by atoms with van der Waals surface area (Å²) in [5.41, 5.74) is 8.21. The van der Waals surface area contributed by atoms with Crippen LogP contribution in [0.25, 0.3) is 10.9 Å². The molecule has 0 saturated heterocycles. The molecule has 0 unspecified atom stereocenters. The van der Waals surface area contributed by atoms with Crippen LogP contribution in [0.3, 0.4) is 0 Å². The summed E-state index contributed by atoms with van der Waals surface area (Å²) in [6.45, 7) is 0.218. The summed E-state index contributed by atoms with van der Waals surface area (Å²) in [4.78, 5) is 8.60. The van der Waals surface area contributed by atoms with Crippen molar-refractivity contribution in [3.8, 4) is 11.5 Å². The van der Waals surface area contributed by atoms with Gasteiger partial charge in [0.2, 0.25) is 6.79 Å². The summed E-state index contributed by atoms with van der Waals surface area (Å²) in [7, 11) is 0. The van der Waals surface area contributed by atoms with E-state index in [0.717, 1.165) is 25.5 Å². The largest absolute Gasteiger partial charge is 0.453 e. The maximum absolute atomic E-state index is 5.97. The van der Waals surface area contributed by atoms with Gasteiger partial charge in [0.1, 0.15) is 12.1 Å². The van der Waals surface area contributed by atoms with Crippen LogP contribution in [0, 0.1) is 0 Å². The minimum atomic E-state index is 0.218. The lowest BCUT2D eigenvalue weighted by atomic mass is 10.2. The Morgan fingerprint density at radius 1 is 1.13 bits per heavy atom. The third kappa shape index (κ3) is 2.47. The van der Waals surface area contributed by atoms with E-state index in [4.69, 9.17) is 15.2 Å². The van der Waals surface area contributed by atoms with Crippen molar-refractivity contribution in [2.24, 2.45) is 0 Å². The van der Waals surface area contributed by atoms with Gasteiger partial charge in [-0.15, -0.1) is 0 Å². The maximum atomic E-state index is 5.97. The van der Waals surface area contributed by atoms with E-state index >= 15 is 0 Å². The van der Waals surface area contributed by atoms with Gasteiger partial charge >= 0.3 is 0 Å². The summed E-state index contributed by atoms with van der Waals surface area (Å²) in [5, 5.41) is 4.10. The molecule has 0 spiro atoms. The normalized spacial score (nSPS) is 12.6. The lowest BCUT2D eigenvalue weighted by molar-refractivity contribution is 0.173. The Morgan fingerprint density at radius 2 is 2.00 bits per heavy atom. The van der Waals surface area contributed by atoms with Gasteiger partial charge in [0.05, 0.1) is 19.8 Å². The number of aromatic nitrogens is 2. The minimum absolute atomic E-state index is 0.218. The topological polar surface area (TPSA) is 82.3 Å². The fraction of sp³-hybridized carbons (Fsp3) is 0.0667. The van der Waals surface area contributed by atoms with Crippen molar-refractivity contribution in [2.75, 3.05) is 17.8 Å². The number of rotatable bonds is 2. The smallest absolute Gasteiger partial charge is 0.231 e. The van der Waals surface area contributed by atoms with Crippen molar-refractivity contribution in [3.63, 3.8) is 0 Å². The molecule has 2 aromatic carbocycles. The van der Waals surface area contributed by atoms with Crippen molar-refractivity contribution in [2.45, 2.75) is 0 Å². The van der Waals surface area contributed by atoms with Crippen molar-refractivity contribution >= 4 is 60.0 Å². The van der Waals surface area contributed by atoms with Crippen LogP contribution >= 0.6 is 31.9 Å². The van der Waals surface area contributed by atoms with Gasteiger partial charge in [-0.1, -0.05) is 0 Å². The van der Waals surface area contributed by atoms with Crippen LogP contribution in [0.1, 0.15) is 0 Å². The first-order valence-electron chi connectivity index (χ1n) is 6.68. The second-order valence-corrected chi connectivity index (χ2v) is 6.55. The Bertz CT molecular complexity index is 933. The van der Waals surface area contributed by atoms with Crippen LogP contribution in [-0.4, -0.2) is 16.8 Å². The van der Waals surface area contributed by atoms with Crippen molar-refractivity contribution < 1.29 is 9.47 Å². The molecule has 6 nitrogen and oxygen atoms in total. The van der Waals surface area contributed by atoms with Crippen LogP contribution < -0.4 is 20.5 Å². The number of halogens is 2. The molecular formula is C15H10Br2N4O2. The highest BCUT2D eigenvalue weighted by atomic mass is 79.9. The zero-order chi connectivity index (χ0) is 16.0. The molecule has 116 valence electrons. The summed E-state index contributed by atoms with van der Waals surface area (Å²) >= 11 is 6.99. The van der Waals surface area contributed by atoms with E-state index in [1.54, 1.807) is 6.07 Å². The zero-order valence-electron chi connectivity index (χ0n) is 11.6. The first-order chi connectivity index (χ1) is 11.1. The summed E-state index contributed by atoms with van der Waals surface area (Å²) in [6, 6.07) is 7.43. The minimum Gasteiger partial charge on any atom is -0.453 e. The Morgan fingerprint density at radius 3 is 2.87 bits per heavy atom. The Balaban J connectivity index is 1.82. The lowest BCUT2D eigenvalue weighted by Crippen LogP contribution is -1.98. The van der Waals surface area contributed by atoms with Crippen LogP contribution in [0.4, 0.5) is 17.2 Å². The highest BCUT2D eigenvalue weighted by molar-refractivity contribution is 9.11. The van der Waals surface area contributed by atoms with Gasteiger partial charge < -0.3 is 20.5 Å². The predicted molar refractivity (Wildman–Crippen MR) is 95.2 cm³/mol. The standard InChI is InChI=1S/C15H10Br2N4O2/c16-8-3-7(4-11-14(8)23-6-22-11)21-15-12-10(19-5-20-15)2-1-9(18)13(12)17/h1-5H,6,18H2,(H,19,20,21). The predicted octanol–water partition coefficient (Wildman–Crippen LogP) is 4.21. The molecular weight excluding hydrogens is 428 g/mol. The number of anilines is 3. The van der Waals surface area contributed by atoms with Gasteiger partial charge in [-0.25, -0.2) is 9.97 Å². The number of hydrogen-bond acceptors (Lipinski definition) is 6. The molecule has 0 fully saturated rings. The molecule has 1 aromatic heterocycles. The second kappa shape index (κ2) is 5.54. The van der Waals surface area contributed by atoms with Crippen molar-refractivity contribution in [1.29, 1.82) is 0 Å². The van der Waals surface area contributed by atoms with Gasteiger partial charge in [0.25, 0.3) is 0 Å². The van der Waals surface area contributed by atoms with E-state index in [9.17, 15) is 0 Å². The molecule has 3 N–H and O–H groups in total. The number of hydrogen-bond donors (Lipinski definition) is 2. The van der Waals surface area contributed by atoms with Crippen LogP contribution in [0.15, 0.2) is 39.5 Å². The van der Waals surface area contributed by atoms with E-state index in [2.05, 4.69) is 47.1 Å². The second-order valence-electron chi connectivity index (χ2n) is 4.90. The molecule has 0 bridgehead atoms. The number of fused-ring (bicyclic) bond motifs is 2. The van der Waals surface area contributed by atoms with E-state index < -0.39 is 0 Å². The molecule has 8 heteroatoms. The summed E-state index contributed by atoms with van der Waals surface area (Å²) in [5.74, 6) is 2.03.